The first-order valence-electron chi connectivity index (χ1n) is 13.8. The average molecular weight is 540 g/mol. The SMILES string of the molecule is C=C\C=C(/C=C\C)\C=C/C(=C\C=C\Nc1ccc(-c2ccccc2)cc1)C(=C/C)/c1sc2ccccc2c1CC. The van der Waals surface area contributed by atoms with Crippen LogP contribution in [0.1, 0.15) is 31.2 Å². The number of benzene rings is 3. The molecule has 1 N–H and O–H groups in total. The van der Waals surface area contributed by atoms with E-state index in [0.29, 0.717) is 0 Å². The molecule has 0 amide bonds. The number of rotatable bonds is 11. The monoisotopic (exact) mass is 539 g/mol. The van der Waals surface area contributed by atoms with Crippen molar-refractivity contribution < 1.29 is 0 Å². The molecule has 40 heavy (non-hydrogen) atoms. The van der Waals surface area contributed by atoms with Crippen LogP contribution in [0.3, 0.4) is 0 Å². The summed E-state index contributed by atoms with van der Waals surface area (Å²) in [7, 11) is 0. The zero-order valence-electron chi connectivity index (χ0n) is 23.6. The third-order valence-electron chi connectivity index (χ3n) is 6.63. The molecule has 0 fully saturated rings. The van der Waals surface area contributed by atoms with E-state index in [1.807, 2.05) is 48.8 Å². The summed E-state index contributed by atoms with van der Waals surface area (Å²) in [6.07, 6.45) is 21.8. The molecule has 0 radical (unpaired) electrons. The zero-order valence-corrected chi connectivity index (χ0v) is 24.4. The fourth-order valence-electron chi connectivity index (χ4n) is 4.70. The molecule has 0 unspecified atom stereocenters. The molecule has 0 bridgehead atoms. The van der Waals surface area contributed by atoms with Gasteiger partial charge in [0, 0.05) is 21.5 Å². The quantitative estimate of drug-likeness (QED) is 0.187. The van der Waals surface area contributed by atoms with Gasteiger partial charge in [0.25, 0.3) is 0 Å². The first kappa shape index (κ1) is 28.6. The molecule has 1 aromatic heterocycles. The molecule has 2 heteroatoms. The third kappa shape index (κ3) is 7.16. The molecule has 0 saturated carbocycles. The minimum Gasteiger partial charge on any atom is -0.362 e. The summed E-state index contributed by atoms with van der Waals surface area (Å²) >= 11 is 1.87. The van der Waals surface area contributed by atoms with Gasteiger partial charge in [-0.3, -0.25) is 0 Å². The van der Waals surface area contributed by atoms with Gasteiger partial charge in [-0.1, -0.05) is 123 Å². The van der Waals surface area contributed by atoms with Gasteiger partial charge >= 0.3 is 0 Å². The highest BCUT2D eigenvalue weighted by atomic mass is 32.1. The first-order valence-corrected chi connectivity index (χ1v) is 14.6. The first-order chi connectivity index (χ1) is 19.7. The number of hydrogen-bond donors (Lipinski definition) is 1. The molecule has 4 rings (SSSR count). The number of nitrogens with one attached hydrogen (secondary N) is 1. The average Bonchev–Trinajstić information content (AvgIpc) is 3.37. The number of fused-ring (bicyclic) bond motifs is 1. The van der Waals surface area contributed by atoms with E-state index < -0.39 is 0 Å². The maximum Gasteiger partial charge on any atom is 0.0389 e. The van der Waals surface area contributed by atoms with Gasteiger partial charge in [0.05, 0.1) is 0 Å². The van der Waals surface area contributed by atoms with E-state index in [0.717, 1.165) is 23.3 Å². The van der Waals surface area contributed by atoms with Crippen LogP contribution in [0.5, 0.6) is 0 Å². The predicted molar refractivity (Wildman–Crippen MR) is 180 cm³/mol. The molecule has 0 aliphatic carbocycles. The van der Waals surface area contributed by atoms with Crippen LogP contribution in [0.15, 0.2) is 157 Å². The number of thiophene rings is 1. The summed E-state index contributed by atoms with van der Waals surface area (Å²) in [5, 5.41) is 4.77. The third-order valence-corrected chi connectivity index (χ3v) is 7.88. The highest BCUT2D eigenvalue weighted by molar-refractivity contribution is 7.20. The molecular formula is C38H37NS. The minimum absolute atomic E-state index is 0.990. The number of allylic oxidation sites excluding steroid dienone is 12. The molecule has 1 nitrogen and oxygen atoms in total. The minimum atomic E-state index is 0.990. The molecule has 0 spiro atoms. The van der Waals surface area contributed by atoms with Crippen LogP contribution in [-0.4, -0.2) is 0 Å². The van der Waals surface area contributed by atoms with Crippen molar-refractivity contribution in [3.05, 3.63) is 168 Å². The van der Waals surface area contributed by atoms with Crippen LogP contribution in [-0.2, 0) is 6.42 Å². The van der Waals surface area contributed by atoms with Crippen molar-refractivity contribution in [2.75, 3.05) is 5.32 Å². The second-order valence-electron chi connectivity index (χ2n) is 9.27. The van der Waals surface area contributed by atoms with Crippen LogP contribution in [0.25, 0.3) is 26.8 Å². The van der Waals surface area contributed by atoms with Gasteiger partial charge in [0.2, 0.25) is 0 Å². The van der Waals surface area contributed by atoms with E-state index in [2.05, 4.69) is 135 Å². The smallest absolute Gasteiger partial charge is 0.0389 e. The van der Waals surface area contributed by atoms with Crippen molar-refractivity contribution >= 4 is 32.7 Å². The Morgan fingerprint density at radius 1 is 0.825 bits per heavy atom. The highest BCUT2D eigenvalue weighted by Gasteiger charge is 2.15. The Morgan fingerprint density at radius 2 is 1.55 bits per heavy atom. The zero-order chi connectivity index (χ0) is 28.2. The summed E-state index contributed by atoms with van der Waals surface area (Å²) in [5.74, 6) is 0. The fraction of sp³-hybridized carbons (Fsp3) is 0.105. The van der Waals surface area contributed by atoms with Crippen molar-refractivity contribution in [3.8, 4) is 11.1 Å². The lowest BCUT2D eigenvalue weighted by Crippen LogP contribution is -1.91. The maximum atomic E-state index is 3.88. The Bertz CT molecular complexity index is 1600. The van der Waals surface area contributed by atoms with Gasteiger partial charge in [-0.2, -0.15) is 0 Å². The fourth-order valence-corrected chi connectivity index (χ4v) is 6.09. The number of anilines is 1. The van der Waals surface area contributed by atoms with E-state index in [1.165, 1.54) is 37.2 Å². The Hall–Kier alpha value is -4.40. The Labute approximate surface area is 243 Å². The van der Waals surface area contributed by atoms with Crippen LogP contribution >= 0.6 is 11.3 Å². The second kappa shape index (κ2) is 14.7. The van der Waals surface area contributed by atoms with Crippen LogP contribution in [0.4, 0.5) is 5.69 Å². The van der Waals surface area contributed by atoms with E-state index in [4.69, 9.17) is 0 Å². The van der Waals surface area contributed by atoms with Crippen molar-refractivity contribution in [2.24, 2.45) is 0 Å². The van der Waals surface area contributed by atoms with Crippen molar-refractivity contribution in [3.63, 3.8) is 0 Å². The number of aryl methyl sites for hydroxylation is 1. The van der Waals surface area contributed by atoms with Gasteiger partial charge in [-0.05, 0) is 83.3 Å². The Morgan fingerprint density at radius 3 is 2.25 bits per heavy atom. The Balaban J connectivity index is 1.64. The van der Waals surface area contributed by atoms with E-state index in [-0.39, 0.29) is 0 Å². The van der Waals surface area contributed by atoms with E-state index >= 15 is 0 Å². The summed E-state index contributed by atoms with van der Waals surface area (Å²) < 4.78 is 1.33. The topological polar surface area (TPSA) is 12.0 Å². The van der Waals surface area contributed by atoms with Gasteiger partial charge in [-0.25, -0.2) is 0 Å². The standard InChI is InChI=1S/C38H37NS/c1-5-15-29(16-6-2)22-23-32(34(7-3)38-35(8-4)36-20-12-13-21-37(36)40-38)19-14-28-39-33-26-24-31(25-27-33)30-17-10-9-11-18-30/h5-7,9-28,39H,1,8H2,2-4H3/b16-6-,23-22-,28-14+,29-15+,32-19+,34-7-. The van der Waals surface area contributed by atoms with Gasteiger partial charge in [0.1, 0.15) is 0 Å². The predicted octanol–water partition coefficient (Wildman–Crippen LogP) is 11.3. The normalized spacial score (nSPS) is 13.2. The molecular weight excluding hydrogens is 502 g/mol. The van der Waals surface area contributed by atoms with E-state index in [9.17, 15) is 0 Å². The van der Waals surface area contributed by atoms with Crippen LogP contribution in [0, 0.1) is 0 Å². The van der Waals surface area contributed by atoms with Gasteiger partial charge in [0.15, 0.2) is 0 Å². The highest BCUT2D eigenvalue weighted by Crippen LogP contribution is 2.39. The summed E-state index contributed by atoms with van der Waals surface area (Å²) in [5.41, 5.74) is 8.38. The van der Waals surface area contributed by atoms with Crippen molar-refractivity contribution in [2.45, 2.75) is 27.2 Å². The number of hydrogen-bond acceptors (Lipinski definition) is 2. The van der Waals surface area contributed by atoms with Crippen LogP contribution < -0.4 is 5.32 Å². The summed E-state index contributed by atoms with van der Waals surface area (Å²) in [4.78, 5) is 1.33. The molecule has 0 atom stereocenters. The lowest BCUT2D eigenvalue weighted by molar-refractivity contribution is 1.16. The van der Waals surface area contributed by atoms with Crippen LogP contribution in [0.2, 0.25) is 0 Å². The molecule has 4 aromatic rings. The Kier molecular flexibility index (Phi) is 10.5. The van der Waals surface area contributed by atoms with Crippen molar-refractivity contribution in [1.82, 2.24) is 0 Å². The van der Waals surface area contributed by atoms with Gasteiger partial charge in [-0.15, -0.1) is 11.3 Å². The van der Waals surface area contributed by atoms with Crippen molar-refractivity contribution in [1.29, 1.82) is 0 Å². The summed E-state index contributed by atoms with van der Waals surface area (Å²) in [6, 6.07) is 27.7. The molecule has 0 aliphatic rings. The lowest BCUT2D eigenvalue weighted by atomic mass is 9.97. The largest absolute Gasteiger partial charge is 0.362 e. The summed E-state index contributed by atoms with van der Waals surface area (Å²) in [6.45, 7) is 10.3. The molecule has 3 aromatic carbocycles. The van der Waals surface area contributed by atoms with E-state index in [1.54, 1.807) is 0 Å². The molecule has 200 valence electrons. The molecule has 0 saturated heterocycles. The second-order valence-corrected chi connectivity index (χ2v) is 10.3. The van der Waals surface area contributed by atoms with Gasteiger partial charge < -0.3 is 5.32 Å². The molecule has 1 heterocycles. The molecule has 0 aliphatic heterocycles. The lowest BCUT2D eigenvalue weighted by Gasteiger charge is -2.10. The maximum absolute atomic E-state index is 3.88.